The highest BCUT2D eigenvalue weighted by Crippen LogP contribution is 2.49. The van der Waals surface area contributed by atoms with Crippen molar-refractivity contribution >= 4 is 11.9 Å². The van der Waals surface area contributed by atoms with Crippen LogP contribution in [0.5, 0.6) is 11.5 Å². The molecule has 3 fully saturated rings. The predicted octanol–water partition coefficient (Wildman–Crippen LogP) is 3.91. The quantitative estimate of drug-likeness (QED) is 0.325. The van der Waals surface area contributed by atoms with Crippen LogP contribution < -0.4 is 20.1 Å². The van der Waals surface area contributed by atoms with E-state index in [-0.39, 0.29) is 53.9 Å². The third-order valence-corrected chi connectivity index (χ3v) is 9.00. The molecule has 0 saturated heterocycles. The number of nitrogens with zero attached hydrogens (tertiary/aromatic N) is 1. The molecule has 0 heterocycles. The smallest absolute Gasteiger partial charge is 0.309 e. The summed E-state index contributed by atoms with van der Waals surface area (Å²) in [5, 5.41) is 36.2. The Balaban J connectivity index is 1.48. The molecule has 3 saturated carbocycles. The second-order valence-corrected chi connectivity index (χ2v) is 12.4. The molecule has 3 aliphatic carbocycles. The Kier molecular flexibility index (Phi) is 8.43. The molecule has 0 spiro atoms. The van der Waals surface area contributed by atoms with Crippen molar-refractivity contribution in [2.45, 2.75) is 84.1 Å². The van der Waals surface area contributed by atoms with Gasteiger partial charge in [0, 0.05) is 24.2 Å². The van der Waals surface area contributed by atoms with E-state index in [4.69, 9.17) is 9.47 Å². The minimum Gasteiger partial charge on any atom is -0.496 e. The number of ether oxygens (including phenoxy) is 2. The van der Waals surface area contributed by atoms with Crippen molar-refractivity contribution in [2.24, 2.45) is 28.6 Å². The third kappa shape index (κ3) is 6.15. The zero-order chi connectivity index (χ0) is 28.5. The number of halogens is 1. The highest BCUT2D eigenvalue weighted by Gasteiger charge is 2.51. The van der Waals surface area contributed by atoms with E-state index in [1.807, 2.05) is 0 Å². The Bertz CT molecular complexity index is 1130. The van der Waals surface area contributed by atoms with Crippen LogP contribution in [-0.2, 0) is 9.59 Å². The van der Waals surface area contributed by atoms with Crippen molar-refractivity contribution in [3.8, 4) is 17.6 Å². The number of carboxylic acid groups (broad SMARTS) is 1. The molecule has 1 aromatic rings. The van der Waals surface area contributed by atoms with E-state index in [0.717, 1.165) is 19.3 Å². The molecular weight excluding hydrogens is 505 g/mol. The van der Waals surface area contributed by atoms with Crippen LogP contribution in [0.3, 0.4) is 0 Å². The molecule has 1 unspecified atom stereocenters. The van der Waals surface area contributed by atoms with Gasteiger partial charge in [0.2, 0.25) is 5.91 Å². The first-order chi connectivity index (χ1) is 18.4. The number of nitrogens with one attached hydrogen (secondary N) is 2. The highest BCUT2D eigenvalue weighted by molar-refractivity contribution is 5.80. The Morgan fingerprint density at radius 1 is 1.21 bits per heavy atom. The molecule has 2 bridgehead atoms. The van der Waals surface area contributed by atoms with E-state index in [9.17, 15) is 29.5 Å². The fourth-order valence-corrected chi connectivity index (χ4v) is 6.42. The maximum Gasteiger partial charge on any atom is 0.309 e. The van der Waals surface area contributed by atoms with Crippen molar-refractivity contribution in [3.63, 3.8) is 0 Å². The van der Waals surface area contributed by atoms with Gasteiger partial charge in [-0.05, 0) is 83.6 Å². The first kappa shape index (κ1) is 29.1. The van der Waals surface area contributed by atoms with E-state index in [1.165, 1.54) is 19.2 Å². The number of carbonyl (C=O) groups is 2. The average molecular weight is 546 g/mol. The van der Waals surface area contributed by atoms with Crippen LogP contribution in [0.25, 0.3) is 0 Å². The molecule has 4 N–H and O–H groups in total. The largest absolute Gasteiger partial charge is 0.496 e. The minimum absolute atomic E-state index is 0.0310. The fraction of sp³-hybridized carbons (Fsp3) is 0.690. The maximum atomic E-state index is 14.9. The molecule has 0 radical (unpaired) electrons. The van der Waals surface area contributed by atoms with Gasteiger partial charge in [-0.1, -0.05) is 0 Å². The van der Waals surface area contributed by atoms with Gasteiger partial charge in [0.05, 0.1) is 36.0 Å². The topological polar surface area (TPSA) is 141 Å². The molecule has 0 aliphatic heterocycles. The highest BCUT2D eigenvalue weighted by atomic mass is 19.1. The Morgan fingerprint density at radius 3 is 2.49 bits per heavy atom. The van der Waals surface area contributed by atoms with E-state index >= 15 is 0 Å². The van der Waals surface area contributed by atoms with Gasteiger partial charge >= 0.3 is 5.97 Å². The SMILES string of the molecule is COc1cc(F)c(O[C@H]2CC[C@@](C)(C(=O)O)CC2)cc1C(O)N[C@@H]1[C@H]2CC[C@H](C2)[C@@H]1C(=O)NCC(C)(C)C#N. The lowest BCUT2D eigenvalue weighted by atomic mass is 9.75. The van der Waals surface area contributed by atoms with Gasteiger partial charge < -0.3 is 25.0 Å². The molecule has 3 aliphatic rings. The Labute approximate surface area is 229 Å². The molecule has 10 heteroatoms. The standard InChI is InChI=1S/C29H40FN3O6/c1-28(2,14-31)15-32-26(35)23-16-5-6-17(11-16)24(23)33-25(34)19-12-22(20(30)13-21(19)38-4)39-18-7-9-29(3,10-8-18)27(36)37/h12-13,16-18,23-25,33-34H,5-11,15H2,1-4H3,(H,32,35)(H,36,37)/t16-,17+,18-,23+,24-,25?,29+/m1/s1. The summed E-state index contributed by atoms with van der Waals surface area (Å²) in [6.07, 6.45) is 3.03. The van der Waals surface area contributed by atoms with Gasteiger partial charge in [0.15, 0.2) is 11.6 Å². The third-order valence-electron chi connectivity index (χ3n) is 9.00. The summed E-state index contributed by atoms with van der Waals surface area (Å²) in [6, 6.07) is 4.51. The molecule has 1 aromatic carbocycles. The van der Waals surface area contributed by atoms with Crippen molar-refractivity contribution in [2.75, 3.05) is 13.7 Å². The number of fused-ring (bicyclic) bond motifs is 2. The first-order valence-electron chi connectivity index (χ1n) is 13.8. The lowest BCUT2D eigenvalue weighted by Crippen LogP contribution is -2.50. The van der Waals surface area contributed by atoms with Gasteiger partial charge in [0.25, 0.3) is 0 Å². The molecular formula is C29H40FN3O6. The van der Waals surface area contributed by atoms with Gasteiger partial charge in [-0.2, -0.15) is 5.26 Å². The number of aliphatic hydroxyl groups excluding tert-OH is 1. The molecule has 1 amide bonds. The molecule has 9 nitrogen and oxygen atoms in total. The second kappa shape index (κ2) is 11.3. The summed E-state index contributed by atoms with van der Waals surface area (Å²) in [4.78, 5) is 24.7. The number of hydrogen-bond donors (Lipinski definition) is 4. The van der Waals surface area contributed by atoms with Crippen LogP contribution >= 0.6 is 0 Å². The average Bonchev–Trinajstić information content (AvgIpc) is 3.51. The van der Waals surface area contributed by atoms with E-state index in [1.54, 1.807) is 20.8 Å². The molecule has 214 valence electrons. The molecule has 5 atom stereocenters. The van der Waals surface area contributed by atoms with Crippen LogP contribution in [0.4, 0.5) is 4.39 Å². The number of rotatable bonds is 10. The zero-order valence-electron chi connectivity index (χ0n) is 23.1. The summed E-state index contributed by atoms with van der Waals surface area (Å²) >= 11 is 0. The number of carbonyl (C=O) groups excluding carboxylic acids is 1. The van der Waals surface area contributed by atoms with Crippen molar-refractivity contribution < 1.29 is 33.7 Å². The molecule has 4 rings (SSSR count). The monoisotopic (exact) mass is 545 g/mol. The summed E-state index contributed by atoms with van der Waals surface area (Å²) in [5.74, 6) is -1.41. The van der Waals surface area contributed by atoms with Gasteiger partial charge in [-0.3, -0.25) is 14.9 Å². The summed E-state index contributed by atoms with van der Waals surface area (Å²) in [6.45, 7) is 5.50. The Hall–Kier alpha value is -2.90. The lowest BCUT2D eigenvalue weighted by Gasteiger charge is -2.34. The number of methoxy groups -OCH3 is 1. The van der Waals surface area contributed by atoms with Gasteiger partial charge in [-0.15, -0.1) is 0 Å². The van der Waals surface area contributed by atoms with Crippen LogP contribution in [0.15, 0.2) is 12.1 Å². The normalized spacial score (nSPS) is 30.8. The van der Waals surface area contributed by atoms with Gasteiger partial charge in [0.1, 0.15) is 12.0 Å². The summed E-state index contributed by atoms with van der Waals surface area (Å²) in [7, 11) is 1.39. The van der Waals surface area contributed by atoms with Gasteiger partial charge in [-0.25, -0.2) is 4.39 Å². The molecule has 0 aromatic heterocycles. The number of hydrogen-bond acceptors (Lipinski definition) is 7. The number of aliphatic hydroxyl groups is 1. The predicted molar refractivity (Wildman–Crippen MR) is 140 cm³/mol. The lowest BCUT2D eigenvalue weighted by molar-refractivity contribution is -0.150. The second-order valence-electron chi connectivity index (χ2n) is 12.4. The van der Waals surface area contributed by atoms with Crippen molar-refractivity contribution in [1.29, 1.82) is 5.26 Å². The number of carboxylic acids is 1. The van der Waals surface area contributed by atoms with E-state index < -0.39 is 28.8 Å². The van der Waals surface area contributed by atoms with E-state index in [0.29, 0.717) is 31.2 Å². The van der Waals surface area contributed by atoms with Crippen molar-refractivity contribution in [1.82, 2.24) is 10.6 Å². The minimum atomic E-state index is -1.24. The van der Waals surface area contributed by atoms with Crippen LogP contribution in [0.2, 0.25) is 0 Å². The number of benzene rings is 1. The zero-order valence-corrected chi connectivity index (χ0v) is 23.1. The fourth-order valence-electron chi connectivity index (χ4n) is 6.42. The number of nitriles is 1. The first-order valence-corrected chi connectivity index (χ1v) is 13.8. The maximum absolute atomic E-state index is 14.9. The van der Waals surface area contributed by atoms with E-state index in [2.05, 4.69) is 16.7 Å². The molecule has 39 heavy (non-hydrogen) atoms. The number of aliphatic carboxylic acids is 1. The van der Waals surface area contributed by atoms with Crippen LogP contribution in [0.1, 0.15) is 77.5 Å². The number of amides is 1. The van der Waals surface area contributed by atoms with Crippen LogP contribution in [0, 0.1) is 45.7 Å². The van der Waals surface area contributed by atoms with Crippen molar-refractivity contribution in [3.05, 3.63) is 23.5 Å². The Morgan fingerprint density at radius 2 is 1.87 bits per heavy atom. The summed E-state index contributed by atoms with van der Waals surface area (Å²) < 4.78 is 26.3. The van der Waals surface area contributed by atoms with Crippen LogP contribution in [-0.4, -0.2) is 47.9 Å². The summed E-state index contributed by atoms with van der Waals surface area (Å²) in [5.41, 5.74) is -1.19.